The van der Waals surface area contributed by atoms with Crippen LogP contribution in [0, 0.1) is 5.92 Å². The van der Waals surface area contributed by atoms with Gasteiger partial charge in [-0.25, -0.2) is 0 Å². The van der Waals surface area contributed by atoms with E-state index in [-0.39, 0.29) is 5.92 Å². The fourth-order valence-corrected chi connectivity index (χ4v) is 2.68. The maximum Gasteiger partial charge on any atom is 0.0870 e. The Kier molecular flexibility index (Phi) is 3.49. The average Bonchev–Trinajstić information content (AvgIpc) is 2.33. The Labute approximate surface area is 103 Å². The van der Waals surface area contributed by atoms with Gasteiger partial charge in [-0.05, 0) is 24.8 Å². The topological polar surface area (TPSA) is 20.2 Å². The van der Waals surface area contributed by atoms with Gasteiger partial charge in [0.1, 0.15) is 0 Å². The smallest absolute Gasteiger partial charge is 0.0870 e. The highest BCUT2D eigenvalue weighted by molar-refractivity contribution is 5.28. The molecule has 1 nitrogen and oxygen atoms in total. The van der Waals surface area contributed by atoms with E-state index in [1.165, 1.54) is 5.56 Å². The highest BCUT2D eigenvalue weighted by atomic mass is 16.3. The van der Waals surface area contributed by atoms with E-state index in [0.717, 1.165) is 6.42 Å². The second-order valence-corrected chi connectivity index (χ2v) is 4.92. The first kappa shape index (κ1) is 12.1. The number of aliphatic hydroxyl groups is 1. The van der Waals surface area contributed by atoms with Crippen molar-refractivity contribution >= 4 is 0 Å². The molecular weight excluding hydrogens is 208 g/mol. The number of hydrogen-bond acceptors (Lipinski definition) is 1. The van der Waals surface area contributed by atoms with Crippen molar-refractivity contribution < 1.29 is 5.11 Å². The molecule has 0 amide bonds. The van der Waals surface area contributed by atoms with Crippen LogP contribution >= 0.6 is 0 Å². The summed E-state index contributed by atoms with van der Waals surface area (Å²) in [6, 6.07) is 10.5. The van der Waals surface area contributed by atoms with E-state index >= 15 is 0 Å². The van der Waals surface area contributed by atoms with Crippen molar-refractivity contribution in [2.45, 2.75) is 31.8 Å². The third-order valence-corrected chi connectivity index (χ3v) is 3.64. The summed E-state index contributed by atoms with van der Waals surface area (Å²) in [7, 11) is 0. The molecule has 0 saturated heterocycles. The van der Waals surface area contributed by atoms with Gasteiger partial charge in [0, 0.05) is 5.92 Å². The molecule has 0 aromatic heterocycles. The number of rotatable bonds is 3. The lowest BCUT2D eigenvalue weighted by Gasteiger charge is -2.36. The average molecular weight is 228 g/mol. The number of allylic oxidation sites excluding steroid dienone is 2. The molecule has 0 fully saturated rings. The largest absolute Gasteiger partial charge is 0.385 e. The highest BCUT2D eigenvalue weighted by Crippen LogP contribution is 2.38. The summed E-state index contributed by atoms with van der Waals surface area (Å²) in [6.45, 7) is 4.07. The lowest BCUT2D eigenvalue weighted by molar-refractivity contribution is 0.0525. The van der Waals surface area contributed by atoms with Gasteiger partial charge in [-0.2, -0.15) is 0 Å². The minimum atomic E-state index is -0.745. The number of benzene rings is 1. The van der Waals surface area contributed by atoms with E-state index in [0.29, 0.717) is 5.92 Å². The molecule has 1 aliphatic carbocycles. The van der Waals surface area contributed by atoms with E-state index in [1.807, 2.05) is 31.2 Å². The zero-order chi connectivity index (χ0) is 12.3. The van der Waals surface area contributed by atoms with Gasteiger partial charge in [-0.1, -0.05) is 61.6 Å². The Balaban J connectivity index is 2.31. The third kappa shape index (κ3) is 2.50. The molecule has 1 aromatic carbocycles. The maximum absolute atomic E-state index is 10.5. The molecule has 1 aromatic rings. The van der Waals surface area contributed by atoms with Crippen molar-refractivity contribution in [1.82, 2.24) is 0 Å². The first-order valence-corrected chi connectivity index (χ1v) is 6.28. The Bertz CT molecular complexity index is 414. The molecule has 0 heterocycles. The van der Waals surface area contributed by atoms with Crippen LogP contribution in [0.2, 0.25) is 0 Å². The molecule has 1 aliphatic rings. The molecule has 2 rings (SSSR count). The molecule has 90 valence electrons. The second-order valence-electron chi connectivity index (χ2n) is 4.92. The van der Waals surface area contributed by atoms with Crippen LogP contribution in [0.5, 0.6) is 0 Å². The first-order chi connectivity index (χ1) is 8.15. The van der Waals surface area contributed by atoms with Crippen LogP contribution < -0.4 is 0 Å². The van der Waals surface area contributed by atoms with Gasteiger partial charge in [-0.3, -0.25) is 0 Å². The van der Waals surface area contributed by atoms with Crippen LogP contribution in [0.25, 0.3) is 0 Å². The molecule has 0 saturated carbocycles. The van der Waals surface area contributed by atoms with Gasteiger partial charge in [-0.15, -0.1) is 0 Å². The van der Waals surface area contributed by atoms with Crippen LogP contribution in [0.3, 0.4) is 0 Å². The summed E-state index contributed by atoms with van der Waals surface area (Å²) >= 11 is 0. The summed E-state index contributed by atoms with van der Waals surface area (Å²) in [5.74, 6) is 0.521. The molecular formula is C16H20O. The lowest BCUT2D eigenvalue weighted by Crippen LogP contribution is -2.36. The quantitative estimate of drug-likeness (QED) is 0.836. The van der Waals surface area contributed by atoms with Crippen LogP contribution in [0.1, 0.15) is 31.7 Å². The van der Waals surface area contributed by atoms with Crippen molar-refractivity contribution in [3.63, 3.8) is 0 Å². The fraction of sp³-hybridized carbons (Fsp3) is 0.375. The Morgan fingerprint density at radius 3 is 2.53 bits per heavy atom. The second kappa shape index (κ2) is 4.89. The Hall–Kier alpha value is -1.34. The molecule has 1 N–H and O–H groups in total. The molecule has 0 aliphatic heterocycles. The van der Waals surface area contributed by atoms with Gasteiger partial charge in [0.2, 0.25) is 0 Å². The summed E-state index contributed by atoms with van der Waals surface area (Å²) in [5.41, 5.74) is 0.561. The molecule has 17 heavy (non-hydrogen) atoms. The van der Waals surface area contributed by atoms with Crippen molar-refractivity contribution in [1.29, 1.82) is 0 Å². The van der Waals surface area contributed by atoms with Crippen LogP contribution in [-0.2, 0) is 0 Å². The van der Waals surface area contributed by atoms with Crippen LogP contribution in [0.15, 0.2) is 54.6 Å². The van der Waals surface area contributed by atoms with Crippen LogP contribution in [-0.4, -0.2) is 10.7 Å². The zero-order valence-corrected chi connectivity index (χ0v) is 10.5. The Morgan fingerprint density at radius 1 is 1.24 bits per heavy atom. The molecule has 0 radical (unpaired) electrons. The highest BCUT2D eigenvalue weighted by Gasteiger charge is 2.34. The molecule has 0 bridgehead atoms. The minimum Gasteiger partial charge on any atom is -0.385 e. The summed E-state index contributed by atoms with van der Waals surface area (Å²) < 4.78 is 0. The van der Waals surface area contributed by atoms with E-state index < -0.39 is 5.60 Å². The predicted octanol–water partition coefficient (Wildman–Crippen LogP) is 3.67. The molecule has 3 atom stereocenters. The normalized spacial score (nSPS) is 29.2. The lowest BCUT2D eigenvalue weighted by atomic mass is 9.73. The van der Waals surface area contributed by atoms with Gasteiger partial charge in [0.25, 0.3) is 0 Å². The number of hydrogen-bond donors (Lipinski definition) is 1. The third-order valence-electron chi connectivity index (χ3n) is 3.64. The summed E-state index contributed by atoms with van der Waals surface area (Å²) in [4.78, 5) is 0. The van der Waals surface area contributed by atoms with E-state index in [1.54, 1.807) is 0 Å². The standard InChI is InChI=1S/C16H20O/c1-3-14(13-9-5-4-6-10-13)15-11-7-8-12-16(15,2)17/h4-12,14-15,17H,3H2,1-2H3. The van der Waals surface area contributed by atoms with Crippen molar-refractivity contribution in [3.05, 3.63) is 60.2 Å². The molecule has 1 heteroatoms. The van der Waals surface area contributed by atoms with Gasteiger partial charge in [0.15, 0.2) is 0 Å². The van der Waals surface area contributed by atoms with Gasteiger partial charge >= 0.3 is 0 Å². The van der Waals surface area contributed by atoms with E-state index in [4.69, 9.17) is 0 Å². The van der Waals surface area contributed by atoms with Gasteiger partial charge in [0.05, 0.1) is 5.60 Å². The van der Waals surface area contributed by atoms with Gasteiger partial charge < -0.3 is 5.11 Å². The maximum atomic E-state index is 10.5. The van der Waals surface area contributed by atoms with Crippen molar-refractivity contribution in [2.75, 3.05) is 0 Å². The molecule has 0 spiro atoms. The Morgan fingerprint density at radius 2 is 1.94 bits per heavy atom. The SMILES string of the molecule is CCC(c1ccccc1)C1C=CC=CC1(C)O. The van der Waals surface area contributed by atoms with Crippen molar-refractivity contribution in [2.24, 2.45) is 5.92 Å². The van der Waals surface area contributed by atoms with E-state index in [2.05, 4.69) is 37.3 Å². The summed E-state index contributed by atoms with van der Waals surface area (Å²) in [6.07, 6.45) is 9.01. The fourth-order valence-electron chi connectivity index (χ4n) is 2.68. The predicted molar refractivity (Wildman–Crippen MR) is 71.9 cm³/mol. The monoisotopic (exact) mass is 228 g/mol. The van der Waals surface area contributed by atoms with E-state index in [9.17, 15) is 5.11 Å². The minimum absolute atomic E-state index is 0.153. The summed E-state index contributed by atoms with van der Waals surface area (Å²) in [5, 5.41) is 10.5. The zero-order valence-electron chi connectivity index (χ0n) is 10.5. The molecule has 3 unspecified atom stereocenters. The first-order valence-electron chi connectivity index (χ1n) is 6.28. The van der Waals surface area contributed by atoms with Crippen LogP contribution in [0.4, 0.5) is 0 Å². The van der Waals surface area contributed by atoms with Crippen molar-refractivity contribution in [3.8, 4) is 0 Å².